The van der Waals surface area contributed by atoms with E-state index >= 15 is 0 Å². The Bertz CT molecular complexity index is 551. The normalized spacial score (nSPS) is 11.4. The summed E-state index contributed by atoms with van der Waals surface area (Å²) < 4.78 is 27.8. The van der Waals surface area contributed by atoms with E-state index in [4.69, 9.17) is 14.2 Å². The summed E-state index contributed by atoms with van der Waals surface area (Å²) in [5.74, 6) is -2.52. The lowest BCUT2D eigenvalue weighted by Crippen LogP contribution is -2.45. The number of esters is 3. The summed E-state index contributed by atoms with van der Waals surface area (Å²) in [6.45, 7) is 4.41. The van der Waals surface area contributed by atoms with Crippen LogP contribution in [0.3, 0.4) is 0 Å². The molecule has 0 aliphatic rings. The highest BCUT2D eigenvalue weighted by Gasteiger charge is 2.43. The molecule has 0 atom stereocenters. The van der Waals surface area contributed by atoms with Crippen LogP contribution in [0.2, 0.25) is 0 Å². The Morgan fingerprint density at radius 2 is 0.919 bits per heavy atom. The first kappa shape index (κ1) is 35.3. The summed E-state index contributed by atoms with van der Waals surface area (Å²) in [5, 5.41) is 11.0. The van der Waals surface area contributed by atoms with Crippen LogP contribution in [0.5, 0.6) is 0 Å². The molecule has 0 aliphatic carbocycles. The quantitative estimate of drug-likeness (QED) is 0.0745. The third-order valence-corrected chi connectivity index (χ3v) is 6.29. The van der Waals surface area contributed by atoms with Crippen LogP contribution >= 0.6 is 0 Å². The van der Waals surface area contributed by atoms with E-state index in [0.717, 1.165) is 70.6 Å². The number of carbonyl (C=O) groups excluding carboxylic acids is 3. The summed E-state index contributed by atoms with van der Waals surface area (Å²) in [6, 6.07) is 0. The van der Waals surface area contributed by atoms with Gasteiger partial charge in [-0.2, -0.15) is 0 Å². The van der Waals surface area contributed by atoms with Crippen molar-refractivity contribution < 1.29 is 38.1 Å². The molecule has 0 rings (SSSR count). The van der Waals surface area contributed by atoms with Crippen LogP contribution in [0, 0.1) is 0 Å². The smallest absolute Gasteiger partial charge is 0.339 e. The number of hydrogen-bond acceptors (Lipinski definition) is 7. The molecule has 1 N–H and O–H groups in total. The van der Waals surface area contributed by atoms with Crippen LogP contribution in [0.25, 0.3) is 0 Å². The Labute approximate surface area is 224 Å². The first-order valence-electron chi connectivity index (χ1n) is 14.7. The molecule has 0 fully saturated rings. The Balaban J connectivity index is 4.64. The van der Waals surface area contributed by atoms with Gasteiger partial charge >= 0.3 is 17.9 Å². The summed E-state index contributed by atoms with van der Waals surface area (Å²) in [4.78, 5) is 37.4. The summed E-state index contributed by atoms with van der Waals surface area (Å²) >= 11 is 0. The van der Waals surface area contributed by atoms with Crippen molar-refractivity contribution in [2.75, 3.05) is 26.5 Å². The van der Waals surface area contributed by atoms with Crippen LogP contribution in [0.1, 0.15) is 136 Å². The van der Waals surface area contributed by atoms with Gasteiger partial charge in [0, 0.05) is 0 Å². The van der Waals surface area contributed by atoms with Gasteiger partial charge in [0.15, 0.2) is 5.60 Å². The van der Waals surface area contributed by atoms with Crippen LogP contribution in [-0.4, -0.2) is 55.1 Å². The lowest BCUT2D eigenvalue weighted by atomic mass is 9.95. The molecule has 0 saturated heterocycles. The Kier molecular flexibility index (Phi) is 23.5. The molecular formula is C29H53FO7. The largest absolute Gasteiger partial charge is 0.466 e. The molecule has 0 spiro atoms. The molecular weight excluding hydrogens is 479 g/mol. The highest BCUT2D eigenvalue weighted by Crippen LogP contribution is 2.21. The molecule has 8 heteroatoms. The average Bonchev–Trinajstić information content (AvgIpc) is 2.86. The fraction of sp³-hybridized carbons (Fsp3) is 0.897. The highest BCUT2D eigenvalue weighted by atomic mass is 19.1. The molecule has 0 aliphatic heterocycles. The molecule has 0 aromatic carbocycles. The van der Waals surface area contributed by atoms with Crippen LogP contribution in [0.15, 0.2) is 0 Å². The number of halogens is 1. The second-order valence-electron chi connectivity index (χ2n) is 9.95. The number of unbranched alkanes of at least 4 members (excludes halogenated alkanes) is 14. The summed E-state index contributed by atoms with van der Waals surface area (Å²) in [5.41, 5.74) is -2.33. The first-order chi connectivity index (χ1) is 17.9. The lowest BCUT2D eigenvalue weighted by molar-refractivity contribution is -0.178. The summed E-state index contributed by atoms with van der Waals surface area (Å²) in [6.07, 6.45) is 14.5. The maximum absolute atomic E-state index is 12.7. The van der Waals surface area contributed by atoms with E-state index in [2.05, 4.69) is 13.8 Å². The number of ether oxygens (including phenoxy) is 3. The lowest BCUT2D eigenvalue weighted by Gasteiger charge is -2.24. The zero-order valence-corrected chi connectivity index (χ0v) is 23.5. The van der Waals surface area contributed by atoms with Crippen LogP contribution in [-0.2, 0) is 28.6 Å². The zero-order valence-electron chi connectivity index (χ0n) is 23.5. The minimum atomic E-state index is -2.33. The van der Waals surface area contributed by atoms with E-state index in [1.165, 1.54) is 12.8 Å². The molecule has 218 valence electrons. The molecule has 0 amide bonds. The Hall–Kier alpha value is -1.70. The molecule has 37 heavy (non-hydrogen) atoms. The zero-order chi connectivity index (χ0) is 27.6. The third-order valence-electron chi connectivity index (χ3n) is 6.29. The van der Waals surface area contributed by atoms with Crippen molar-refractivity contribution in [1.29, 1.82) is 0 Å². The van der Waals surface area contributed by atoms with Gasteiger partial charge in [-0.15, -0.1) is 0 Å². The fourth-order valence-electron chi connectivity index (χ4n) is 3.95. The predicted octanol–water partition coefficient (Wildman–Crippen LogP) is 6.77. The molecule has 0 aromatic rings. The number of carbonyl (C=O) groups is 3. The maximum Gasteiger partial charge on any atom is 0.339 e. The second-order valence-corrected chi connectivity index (χ2v) is 9.95. The van der Waals surface area contributed by atoms with E-state index in [-0.39, 0.29) is 26.5 Å². The van der Waals surface area contributed by atoms with E-state index in [0.29, 0.717) is 25.7 Å². The molecule has 0 aromatic heterocycles. The van der Waals surface area contributed by atoms with E-state index in [9.17, 15) is 23.9 Å². The predicted molar refractivity (Wildman–Crippen MR) is 143 cm³/mol. The van der Waals surface area contributed by atoms with Gasteiger partial charge in [-0.25, -0.2) is 4.79 Å². The van der Waals surface area contributed by atoms with Gasteiger partial charge in [0.25, 0.3) is 0 Å². The van der Waals surface area contributed by atoms with Crippen molar-refractivity contribution in [1.82, 2.24) is 0 Å². The number of alkyl halides is 1. The van der Waals surface area contributed by atoms with Gasteiger partial charge in [0.05, 0.1) is 39.3 Å². The SMILES string of the molecule is CCCCCCCCOC(=O)CC(O)(CC(=O)OCCCCCCCC)C(=O)OCCCCCCCF. The van der Waals surface area contributed by atoms with E-state index < -0.39 is 36.4 Å². The Morgan fingerprint density at radius 1 is 0.568 bits per heavy atom. The van der Waals surface area contributed by atoms with Crippen molar-refractivity contribution in [2.45, 2.75) is 141 Å². The first-order valence-corrected chi connectivity index (χ1v) is 14.7. The highest BCUT2D eigenvalue weighted by molar-refractivity contribution is 5.90. The average molecular weight is 533 g/mol. The minimum Gasteiger partial charge on any atom is -0.466 e. The van der Waals surface area contributed by atoms with E-state index in [1.807, 2.05) is 0 Å². The summed E-state index contributed by atoms with van der Waals surface area (Å²) in [7, 11) is 0. The monoisotopic (exact) mass is 532 g/mol. The number of rotatable bonds is 26. The van der Waals surface area contributed by atoms with Crippen molar-refractivity contribution >= 4 is 17.9 Å². The second kappa shape index (κ2) is 24.6. The van der Waals surface area contributed by atoms with Crippen molar-refractivity contribution in [3.63, 3.8) is 0 Å². The fourth-order valence-corrected chi connectivity index (χ4v) is 3.95. The molecule has 0 unspecified atom stereocenters. The molecule has 0 radical (unpaired) electrons. The topological polar surface area (TPSA) is 99.1 Å². The van der Waals surface area contributed by atoms with Gasteiger partial charge < -0.3 is 19.3 Å². The van der Waals surface area contributed by atoms with Crippen molar-refractivity contribution in [3.8, 4) is 0 Å². The van der Waals surface area contributed by atoms with Gasteiger partial charge in [0.2, 0.25) is 0 Å². The van der Waals surface area contributed by atoms with Crippen LogP contribution in [0.4, 0.5) is 4.39 Å². The maximum atomic E-state index is 12.7. The van der Waals surface area contributed by atoms with Crippen molar-refractivity contribution in [2.24, 2.45) is 0 Å². The third kappa shape index (κ3) is 21.0. The standard InChI is InChI=1S/C29H53FO7/c1-3-5-7-9-13-17-21-35-26(31)24-29(34,28(33)37-23-19-15-11-12-16-20-30)25-27(32)36-22-18-14-10-8-6-4-2/h34H,3-25H2,1-2H3. The molecule has 0 heterocycles. The molecule has 0 saturated carbocycles. The minimum absolute atomic E-state index is 0.0520. The van der Waals surface area contributed by atoms with Gasteiger partial charge in [-0.05, 0) is 25.7 Å². The van der Waals surface area contributed by atoms with Gasteiger partial charge in [-0.3, -0.25) is 14.0 Å². The number of hydrogen-bond donors (Lipinski definition) is 1. The Morgan fingerprint density at radius 3 is 1.32 bits per heavy atom. The molecule has 0 bridgehead atoms. The van der Waals surface area contributed by atoms with Gasteiger partial charge in [-0.1, -0.05) is 97.3 Å². The van der Waals surface area contributed by atoms with Crippen molar-refractivity contribution in [3.05, 3.63) is 0 Å². The number of aliphatic hydroxyl groups is 1. The van der Waals surface area contributed by atoms with Crippen LogP contribution < -0.4 is 0 Å². The van der Waals surface area contributed by atoms with E-state index in [1.54, 1.807) is 0 Å². The van der Waals surface area contributed by atoms with Gasteiger partial charge in [0.1, 0.15) is 0 Å². The molecule has 7 nitrogen and oxygen atoms in total.